The molecule has 0 aliphatic carbocycles. The molecule has 0 bridgehead atoms. The lowest BCUT2D eigenvalue weighted by Gasteiger charge is -2.18. The second-order valence-electron chi connectivity index (χ2n) is 4.19. The maximum Gasteiger partial charge on any atom is 0.254 e. The molecular formula is C11H19N3O2. The number of carbonyl (C=O) groups is 1. The standard InChI is InChI=1S/C11H19N3O2/c1-7(6-15)8(2)13-11(16)10-5-12-14(4)9(10)3/h5,7-8,15H,6H2,1-4H3,(H,13,16). The van der Waals surface area contributed by atoms with Crippen LogP contribution in [0.1, 0.15) is 29.9 Å². The number of aliphatic hydroxyl groups is 1. The van der Waals surface area contributed by atoms with Gasteiger partial charge in [-0.1, -0.05) is 6.92 Å². The first kappa shape index (κ1) is 12.7. The van der Waals surface area contributed by atoms with Crippen LogP contribution in [0.15, 0.2) is 6.20 Å². The minimum Gasteiger partial charge on any atom is -0.396 e. The van der Waals surface area contributed by atoms with Gasteiger partial charge in [0.1, 0.15) is 0 Å². The van der Waals surface area contributed by atoms with Gasteiger partial charge in [0.15, 0.2) is 0 Å². The third-order valence-electron chi connectivity index (χ3n) is 2.98. The number of rotatable bonds is 4. The molecule has 16 heavy (non-hydrogen) atoms. The van der Waals surface area contributed by atoms with Crippen molar-refractivity contribution < 1.29 is 9.90 Å². The van der Waals surface area contributed by atoms with E-state index in [9.17, 15) is 4.79 Å². The molecule has 0 aromatic carbocycles. The van der Waals surface area contributed by atoms with E-state index in [-0.39, 0.29) is 24.5 Å². The number of hydrogen-bond acceptors (Lipinski definition) is 3. The molecule has 0 radical (unpaired) electrons. The summed E-state index contributed by atoms with van der Waals surface area (Å²) in [6.45, 7) is 5.68. The first-order valence-electron chi connectivity index (χ1n) is 5.37. The molecule has 5 nitrogen and oxygen atoms in total. The molecule has 0 saturated heterocycles. The van der Waals surface area contributed by atoms with E-state index >= 15 is 0 Å². The Labute approximate surface area is 95.5 Å². The van der Waals surface area contributed by atoms with E-state index in [0.717, 1.165) is 5.69 Å². The molecule has 1 aromatic heterocycles. The van der Waals surface area contributed by atoms with Crippen LogP contribution in [-0.4, -0.2) is 33.4 Å². The topological polar surface area (TPSA) is 67.2 Å². The zero-order valence-electron chi connectivity index (χ0n) is 10.2. The lowest BCUT2D eigenvalue weighted by molar-refractivity contribution is 0.0915. The maximum absolute atomic E-state index is 11.9. The zero-order chi connectivity index (χ0) is 12.3. The Morgan fingerprint density at radius 3 is 2.69 bits per heavy atom. The Morgan fingerprint density at radius 1 is 1.62 bits per heavy atom. The Balaban J connectivity index is 2.69. The van der Waals surface area contributed by atoms with Crippen LogP contribution in [0, 0.1) is 12.8 Å². The molecule has 1 amide bonds. The summed E-state index contributed by atoms with van der Waals surface area (Å²) >= 11 is 0. The number of aliphatic hydroxyl groups excluding tert-OH is 1. The summed E-state index contributed by atoms with van der Waals surface area (Å²) in [6, 6.07) is -0.0582. The van der Waals surface area contributed by atoms with Crippen molar-refractivity contribution in [3.63, 3.8) is 0 Å². The third kappa shape index (κ3) is 2.61. The highest BCUT2D eigenvalue weighted by Gasteiger charge is 2.17. The summed E-state index contributed by atoms with van der Waals surface area (Å²) in [4.78, 5) is 11.9. The lowest BCUT2D eigenvalue weighted by Crippen LogP contribution is -2.38. The molecular weight excluding hydrogens is 206 g/mol. The number of nitrogens with zero attached hydrogens (tertiary/aromatic N) is 2. The second kappa shape index (κ2) is 5.12. The summed E-state index contributed by atoms with van der Waals surface area (Å²) in [5.74, 6) is -0.0978. The van der Waals surface area contributed by atoms with Crippen LogP contribution in [-0.2, 0) is 7.05 Å². The fraction of sp³-hybridized carbons (Fsp3) is 0.636. The third-order valence-corrected chi connectivity index (χ3v) is 2.98. The first-order valence-corrected chi connectivity index (χ1v) is 5.37. The van der Waals surface area contributed by atoms with Crippen LogP contribution < -0.4 is 5.32 Å². The van der Waals surface area contributed by atoms with Gasteiger partial charge in [-0.05, 0) is 19.8 Å². The minimum atomic E-state index is -0.140. The molecule has 1 heterocycles. The van der Waals surface area contributed by atoms with Gasteiger partial charge in [0.05, 0.1) is 11.8 Å². The normalized spacial score (nSPS) is 14.6. The number of aromatic nitrogens is 2. The van der Waals surface area contributed by atoms with Crippen LogP contribution in [0.4, 0.5) is 0 Å². The van der Waals surface area contributed by atoms with Gasteiger partial charge in [-0.25, -0.2) is 0 Å². The van der Waals surface area contributed by atoms with Crippen molar-refractivity contribution in [2.75, 3.05) is 6.61 Å². The number of carbonyl (C=O) groups excluding carboxylic acids is 1. The summed E-state index contributed by atoms with van der Waals surface area (Å²) in [7, 11) is 1.80. The number of aryl methyl sites for hydroxylation is 1. The van der Waals surface area contributed by atoms with E-state index in [4.69, 9.17) is 5.11 Å². The molecule has 0 fully saturated rings. The van der Waals surface area contributed by atoms with Crippen molar-refractivity contribution in [3.8, 4) is 0 Å². The summed E-state index contributed by atoms with van der Waals surface area (Å²) < 4.78 is 1.66. The molecule has 5 heteroatoms. The van der Waals surface area contributed by atoms with Crippen LogP contribution in [0.25, 0.3) is 0 Å². The quantitative estimate of drug-likeness (QED) is 0.783. The molecule has 90 valence electrons. The van der Waals surface area contributed by atoms with Crippen LogP contribution >= 0.6 is 0 Å². The van der Waals surface area contributed by atoms with Gasteiger partial charge >= 0.3 is 0 Å². The molecule has 2 N–H and O–H groups in total. The average molecular weight is 225 g/mol. The zero-order valence-corrected chi connectivity index (χ0v) is 10.2. The van der Waals surface area contributed by atoms with E-state index in [1.54, 1.807) is 17.9 Å². The number of nitrogens with one attached hydrogen (secondary N) is 1. The summed E-state index contributed by atoms with van der Waals surface area (Å²) in [5, 5.41) is 15.8. The highest BCUT2D eigenvalue weighted by Crippen LogP contribution is 2.07. The molecule has 0 spiro atoms. The molecule has 0 aliphatic rings. The average Bonchev–Trinajstić information content (AvgIpc) is 2.58. The van der Waals surface area contributed by atoms with Gasteiger partial charge in [-0.2, -0.15) is 5.10 Å². The Morgan fingerprint density at radius 2 is 2.25 bits per heavy atom. The largest absolute Gasteiger partial charge is 0.396 e. The molecule has 0 aliphatic heterocycles. The van der Waals surface area contributed by atoms with E-state index in [1.165, 1.54) is 0 Å². The van der Waals surface area contributed by atoms with Crippen LogP contribution in [0.3, 0.4) is 0 Å². The first-order chi connectivity index (χ1) is 7.47. The summed E-state index contributed by atoms with van der Waals surface area (Å²) in [6.07, 6.45) is 1.56. The molecule has 0 saturated carbocycles. The van der Waals surface area contributed by atoms with E-state index in [1.807, 2.05) is 20.8 Å². The highest BCUT2D eigenvalue weighted by atomic mass is 16.3. The highest BCUT2D eigenvalue weighted by molar-refractivity contribution is 5.95. The van der Waals surface area contributed by atoms with Crippen LogP contribution in [0.5, 0.6) is 0 Å². The predicted octanol–water partition coefficient (Wildman–Crippen LogP) is 0.475. The van der Waals surface area contributed by atoms with E-state index < -0.39 is 0 Å². The fourth-order valence-corrected chi connectivity index (χ4v) is 1.31. The number of amides is 1. The molecule has 1 aromatic rings. The van der Waals surface area contributed by atoms with Crippen molar-refractivity contribution in [3.05, 3.63) is 17.5 Å². The van der Waals surface area contributed by atoms with Gasteiger partial charge in [-0.15, -0.1) is 0 Å². The van der Waals surface area contributed by atoms with Crippen molar-refractivity contribution in [1.82, 2.24) is 15.1 Å². The SMILES string of the molecule is Cc1c(C(=O)NC(C)C(C)CO)cnn1C. The van der Waals surface area contributed by atoms with Gasteiger partial charge in [0.2, 0.25) is 0 Å². The lowest BCUT2D eigenvalue weighted by atomic mass is 10.0. The van der Waals surface area contributed by atoms with Gasteiger partial charge in [0, 0.05) is 25.4 Å². The second-order valence-corrected chi connectivity index (χ2v) is 4.19. The van der Waals surface area contributed by atoms with Crippen molar-refractivity contribution in [2.45, 2.75) is 26.8 Å². The maximum atomic E-state index is 11.9. The van der Waals surface area contributed by atoms with Crippen LogP contribution in [0.2, 0.25) is 0 Å². The monoisotopic (exact) mass is 225 g/mol. The van der Waals surface area contributed by atoms with Crippen molar-refractivity contribution >= 4 is 5.91 Å². The van der Waals surface area contributed by atoms with Crippen molar-refractivity contribution in [1.29, 1.82) is 0 Å². The Kier molecular flexibility index (Phi) is 4.06. The smallest absolute Gasteiger partial charge is 0.254 e. The summed E-state index contributed by atoms with van der Waals surface area (Å²) in [5.41, 5.74) is 1.42. The minimum absolute atomic E-state index is 0.0425. The number of hydrogen-bond donors (Lipinski definition) is 2. The van der Waals surface area contributed by atoms with E-state index in [0.29, 0.717) is 5.56 Å². The molecule has 2 atom stereocenters. The predicted molar refractivity (Wildman–Crippen MR) is 61.1 cm³/mol. The van der Waals surface area contributed by atoms with Gasteiger partial charge in [0.25, 0.3) is 5.91 Å². The van der Waals surface area contributed by atoms with Gasteiger partial charge < -0.3 is 10.4 Å². The van der Waals surface area contributed by atoms with E-state index in [2.05, 4.69) is 10.4 Å². The molecule has 2 unspecified atom stereocenters. The Bertz CT molecular complexity index is 373. The molecule has 1 rings (SSSR count). The fourth-order valence-electron chi connectivity index (χ4n) is 1.31. The Hall–Kier alpha value is -1.36. The van der Waals surface area contributed by atoms with Crippen molar-refractivity contribution in [2.24, 2.45) is 13.0 Å². The van der Waals surface area contributed by atoms with Gasteiger partial charge in [-0.3, -0.25) is 9.48 Å².